The Morgan fingerprint density at radius 1 is 1.32 bits per heavy atom. The van der Waals surface area contributed by atoms with Gasteiger partial charge in [-0.2, -0.15) is 0 Å². The van der Waals surface area contributed by atoms with Crippen LogP contribution in [0, 0.1) is 11.8 Å². The van der Waals surface area contributed by atoms with Gasteiger partial charge in [-0.05, 0) is 12.1 Å². The van der Waals surface area contributed by atoms with E-state index in [4.69, 9.17) is 14.2 Å². The summed E-state index contributed by atoms with van der Waals surface area (Å²) in [6, 6.07) is 5.40. The van der Waals surface area contributed by atoms with Gasteiger partial charge in [-0.3, -0.25) is 9.59 Å². The van der Waals surface area contributed by atoms with Crippen LogP contribution >= 0.6 is 11.3 Å². The first-order chi connectivity index (χ1) is 13.6. The zero-order chi connectivity index (χ0) is 18.9. The van der Waals surface area contributed by atoms with Crippen LogP contribution in [0.2, 0.25) is 0 Å². The Balaban J connectivity index is 1.32. The predicted molar refractivity (Wildman–Crippen MR) is 99.4 cm³/mol. The normalized spacial score (nSPS) is 31.5. The molecule has 2 aromatic rings. The van der Waals surface area contributed by atoms with E-state index in [1.807, 2.05) is 18.2 Å². The van der Waals surface area contributed by atoms with Crippen LogP contribution in [0.15, 0.2) is 41.9 Å². The molecule has 0 radical (unpaired) electrons. The molecule has 4 atom stereocenters. The first kappa shape index (κ1) is 16.1. The third kappa shape index (κ3) is 2.11. The summed E-state index contributed by atoms with van der Waals surface area (Å²) in [7, 11) is 0. The number of thiazole rings is 1. The smallest absolute Gasteiger partial charge is 0.234 e. The maximum absolute atomic E-state index is 13.3. The lowest BCUT2D eigenvalue weighted by Gasteiger charge is -2.22. The van der Waals surface area contributed by atoms with Crippen molar-refractivity contribution in [3.05, 3.63) is 41.9 Å². The molecule has 1 aromatic heterocycles. The standard InChI is InChI=1S/C19H15N3O5S/c23-16(21-18-20-5-6-28-18)14-12-3-4-19(27-12)8-22(17(24)15(14)19)10-1-2-11-13(7-10)26-9-25-11/h1-7,12,14-15H,8-9H2,(H,20,21,23)/t12-,14?,15?,19-/m0/s1. The molecule has 8 nitrogen and oxygen atoms in total. The second-order valence-electron chi connectivity index (χ2n) is 7.19. The van der Waals surface area contributed by atoms with Crippen LogP contribution in [0.5, 0.6) is 11.5 Å². The van der Waals surface area contributed by atoms with Gasteiger partial charge in [0.25, 0.3) is 0 Å². The molecule has 6 rings (SSSR count). The molecule has 2 fully saturated rings. The number of anilines is 2. The first-order valence-corrected chi connectivity index (χ1v) is 9.81. The Morgan fingerprint density at radius 3 is 3.07 bits per heavy atom. The number of carbonyl (C=O) groups is 2. The molecule has 2 amide bonds. The maximum Gasteiger partial charge on any atom is 0.234 e. The van der Waals surface area contributed by atoms with Crippen molar-refractivity contribution in [2.24, 2.45) is 11.8 Å². The van der Waals surface area contributed by atoms with Crippen molar-refractivity contribution in [1.29, 1.82) is 0 Å². The number of ether oxygens (including phenoxy) is 3. The van der Waals surface area contributed by atoms with Crippen molar-refractivity contribution in [3.8, 4) is 11.5 Å². The van der Waals surface area contributed by atoms with Crippen LogP contribution in [0.4, 0.5) is 10.8 Å². The van der Waals surface area contributed by atoms with E-state index in [1.165, 1.54) is 11.3 Å². The Kier molecular flexibility index (Phi) is 3.19. The predicted octanol–water partition coefficient (Wildman–Crippen LogP) is 1.80. The molecule has 9 heteroatoms. The van der Waals surface area contributed by atoms with Crippen molar-refractivity contribution >= 4 is 34.0 Å². The molecule has 28 heavy (non-hydrogen) atoms. The van der Waals surface area contributed by atoms with Crippen LogP contribution in [0.25, 0.3) is 0 Å². The lowest BCUT2D eigenvalue weighted by atomic mass is 9.77. The molecule has 4 aliphatic rings. The molecule has 5 heterocycles. The largest absolute Gasteiger partial charge is 0.454 e. The number of amides is 2. The van der Waals surface area contributed by atoms with Crippen molar-refractivity contribution in [3.63, 3.8) is 0 Å². The lowest BCUT2D eigenvalue weighted by molar-refractivity contribution is -0.128. The minimum absolute atomic E-state index is 0.120. The van der Waals surface area contributed by atoms with Gasteiger partial charge < -0.3 is 24.4 Å². The number of fused-ring (bicyclic) bond motifs is 2. The summed E-state index contributed by atoms with van der Waals surface area (Å²) < 4.78 is 16.9. The summed E-state index contributed by atoms with van der Waals surface area (Å²) in [4.78, 5) is 32.0. The van der Waals surface area contributed by atoms with Crippen LogP contribution in [0.3, 0.4) is 0 Å². The van der Waals surface area contributed by atoms with E-state index < -0.39 is 23.5 Å². The SMILES string of the molecule is O=C(Nc1nccs1)C1C2C(=O)N(c3ccc4c(c3)OCO4)C[C@@]23C=C[C@@H]1O3. The van der Waals surface area contributed by atoms with Gasteiger partial charge in [-0.1, -0.05) is 12.2 Å². The highest BCUT2D eigenvalue weighted by Crippen LogP contribution is 2.53. The fraction of sp³-hybridized carbons (Fsp3) is 0.316. The van der Waals surface area contributed by atoms with E-state index in [-0.39, 0.29) is 18.6 Å². The second-order valence-corrected chi connectivity index (χ2v) is 8.08. The van der Waals surface area contributed by atoms with Gasteiger partial charge >= 0.3 is 0 Å². The average Bonchev–Trinajstić information content (AvgIpc) is 3.49. The molecule has 1 aromatic carbocycles. The molecule has 1 spiro atoms. The molecular formula is C19H15N3O5S. The third-order valence-corrected chi connectivity index (χ3v) is 6.42. The Morgan fingerprint density at radius 2 is 2.21 bits per heavy atom. The number of nitrogens with one attached hydrogen (secondary N) is 1. The fourth-order valence-corrected chi connectivity index (χ4v) is 5.08. The van der Waals surface area contributed by atoms with Crippen LogP contribution in [-0.4, -0.2) is 41.8 Å². The van der Waals surface area contributed by atoms with E-state index in [1.54, 1.807) is 28.6 Å². The minimum atomic E-state index is -0.775. The van der Waals surface area contributed by atoms with Gasteiger partial charge in [0, 0.05) is 23.3 Å². The maximum atomic E-state index is 13.3. The van der Waals surface area contributed by atoms with Crippen LogP contribution in [-0.2, 0) is 14.3 Å². The van der Waals surface area contributed by atoms with Gasteiger partial charge in [0.15, 0.2) is 16.6 Å². The summed E-state index contributed by atoms with van der Waals surface area (Å²) in [6.45, 7) is 0.538. The van der Waals surface area contributed by atoms with Crippen molar-refractivity contribution in [2.75, 3.05) is 23.6 Å². The minimum Gasteiger partial charge on any atom is -0.454 e. The van der Waals surface area contributed by atoms with Crippen molar-refractivity contribution < 1.29 is 23.8 Å². The molecule has 1 N–H and O–H groups in total. The van der Waals surface area contributed by atoms with Gasteiger partial charge in [0.1, 0.15) is 5.60 Å². The van der Waals surface area contributed by atoms with E-state index in [2.05, 4.69) is 10.3 Å². The summed E-state index contributed by atoms with van der Waals surface area (Å²) >= 11 is 1.34. The zero-order valence-electron chi connectivity index (χ0n) is 14.5. The van der Waals surface area contributed by atoms with E-state index in [0.717, 1.165) is 0 Å². The van der Waals surface area contributed by atoms with Crippen molar-refractivity contribution in [1.82, 2.24) is 4.98 Å². The lowest BCUT2D eigenvalue weighted by Crippen LogP contribution is -2.41. The molecule has 142 valence electrons. The van der Waals surface area contributed by atoms with Gasteiger partial charge in [0.05, 0.1) is 24.5 Å². The molecule has 2 unspecified atom stereocenters. The zero-order valence-corrected chi connectivity index (χ0v) is 15.3. The Hall–Kier alpha value is -2.91. The Labute approximate surface area is 163 Å². The molecule has 0 saturated carbocycles. The summed E-state index contributed by atoms with van der Waals surface area (Å²) in [5.41, 5.74) is -0.0687. The topological polar surface area (TPSA) is 90.0 Å². The summed E-state index contributed by atoms with van der Waals surface area (Å²) in [6.07, 6.45) is 5.05. The highest BCUT2D eigenvalue weighted by molar-refractivity contribution is 7.13. The average molecular weight is 397 g/mol. The van der Waals surface area contributed by atoms with Gasteiger partial charge in [0.2, 0.25) is 18.6 Å². The number of benzene rings is 1. The Bertz CT molecular complexity index is 1020. The number of hydrogen-bond donors (Lipinski definition) is 1. The summed E-state index contributed by atoms with van der Waals surface area (Å²) in [5, 5.41) is 5.12. The highest BCUT2D eigenvalue weighted by atomic mass is 32.1. The van der Waals surface area contributed by atoms with Crippen molar-refractivity contribution in [2.45, 2.75) is 11.7 Å². The van der Waals surface area contributed by atoms with Crippen LogP contribution in [0.1, 0.15) is 0 Å². The monoisotopic (exact) mass is 397 g/mol. The molecule has 2 saturated heterocycles. The molecular weight excluding hydrogens is 382 g/mol. The number of carbonyl (C=O) groups excluding carboxylic acids is 2. The number of nitrogens with zero attached hydrogens (tertiary/aromatic N) is 2. The van der Waals surface area contributed by atoms with Gasteiger partial charge in [-0.25, -0.2) is 4.98 Å². The first-order valence-electron chi connectivity index (χ1n) is 8.93. The third-order valence-electron chi connectivity index (χ3n) is 5.73. The molecule has 4 aliphatic heterocycles. The summed E-state index contributed by atoms with van der Waals surface area (Å²) in [5.74, 6) is -0.236. The quantitative estimate of drug-likeness (QED) is 0.795. The van der Waals surface area contributed by atoms with E-state index >= 15 is 0 Å². The highest BCUT2D eigenvalue weighted by Gasteiger charge is 2.67. The van der Waals surface area contributed by atoms with Crippen LogP contribution < -0.4 is 19.7 Å². The number of hydrogen-bond acceptors (Lipinski definition) is 7. The second kappa shape index (κ2) is 5.55. The van der Waals surface area contributed by atoms with E-state index in [0.29, 0.717) is 28.9 Å². The van der Waals surface area contributed by atoms with Gasteiger partial charge in [-0.15, -0.1) is 11.3 Å². The number of rotatable bonds is 3. The fourth-order valence-electron chi connectivity index (χ4n) is 4.54. The number of aromatic nitrogens is 1. The van der Waals surface area contributed by atoms with E-state index in [9.17, 15) is 9.59 Å². The molecule has 0 aliphatic carbocycles. The molecule has 2 bridgehead atoms.